The average molecular weight is 525 g/mol. The Morgan fingerprint density at radius 1 is 1.30 bits per heavy atom. The van der Waals surface area contributed by atoms with Crippen molar-refractivity contribution in [3.8, 4) is 0 Å². The summed E-state index contributed by atoms with van der Waals surface area (Å²) in [7, 11) is -1.72. The molecule has 0 aromatic rings. The Balaban J connectivity index is 2.54. The number of hydrogen-bond acceptors (Lipinski definition) is 2. The average Bonchev–Trinajstić information content (AvgIpc) is 2.74. The van der Waals surface area contributed by atoms with E-state index in [4.69, 9.17) is 4.74 Å². The Labute approximate surface area is 153 Å². The third kappa shape index (κ3) is 3.93. The zero-order valence-electron chi connectivity index (χ0n) is 16.4. The second-order valence-electron chi connectivity index (χ2n) is 8.53. The minimum atomic E-state index is -1.81. The predicted molar refractivity (Wildman–Crippen MR) is 105 cm³/mol. The Morgan fingerprint density at radius 3 is 2.48 bits per heavy atom. The summed E-state index contributed by atoms with van der Waals surface area (Å²) in [5.41, 5.74) is 3.32. The first-order valence-electron chi connectivity index (χ1n) is 9.14. The molecule has 0 fully saturated rings. The molecule has 0 heterocycles. The standard InChI is InChI=1S/C17H28NOSi.2CH3.Tl/c1-7-19-15-12-13-10-8-9-11-14(13)16(15)20(5,6)18-17(2,3)4;;;/h9,11-12,15H,7-8,10H2,1-6H3;2*1H3;/q-1;;;+1. The van der Waals surface area contributed by atoms with Crippen LogP contribution in [0.5, 0.6) is 0 Å². The fraction of sp³-hybridized carbons (Fsp3) is 0.684. The monoisotopic (exact) mass is 525 g/mol. The summed E-state index contributed by atoms with van der Waals surface area (Å²) in [5.74, 6) is 0. The summed E-state index contributed by atoms with van der Waals surface area (Å²) in [5, 5.41) is 1.63. The molecule has 0 radical (unpaired) electrons. The van der Waals surface area contributed by atoms with E-state index in [1.165, 1.54) is 24.0 Å². The molecule has 1 unspecified atom stereocenters. The molecule has 0 aromatic carbocycles. The van der Waals surface area contributed by atoms with Gasteiger partial charge in [-0.15, -0.1) is 0 Å². The molecule has 0 aliphatic heterocycles. The van der Waals surface area contributed by atoms with Gasteiger partial charge in [0.1, 0.15) is 0 Å². The zero-order valence-corrected chi connectivity index (χ0v) is 21.9. The maximum absolute atomic E-state index is 6.20. The normalized spacial score (nSPS) is 21.8. The number of nitrogens with zero attached hydrogens (tertiary/aromatic N) is 1. The van der Waals surface area contributed by atoms with E-state index in [0.29, 0.717) is 0 Å². The minimum absolute atomic E-state index is 0.214. The molecule has 0 bridgehead atoms. The number of fused-ring (bicyclic) bond motifs is 1. The molecule has 0 aromatic heterocycles. The van der Waals surface area contributed by atoms with Gasteiger partial charge < -0.3 is 0 Å². The second kappa shape index (κ2) is 7.26. The van der Waals surface area contributed by atoms with Crippen molar-refractivity contribution in [2.45, 2.75) is 74.2 Å². The van der Waals surface area contributed by atoms with Crippen molar-refractivity contribution in [3.05, 3.63) is 34.6 Å². The first-order chi connectivity index (χ1) is 10.6. The van der Waals surface area contributed by atoms with Crippen LogP contribution in [0.15, 0.2) is 34.6 Å². The van der Waals surface area contributed by atoms with E-state index in [-0.39, 0.29) is 11.6 Å². The van der Waals surface area contributed by atoms with Crippen molar-refractivity contribution in [3.63, 3.8) is 0 Å². The summed E-state index contributed by atoms with van der Waals surface area (Å²) in [6, 6.07) is 0. The van der Waals surface area contributed by atoms with E-state index in [0.717, 1.165) is 6.61 Å². The number of ether oxygens (including phenoxy) is 1. The Hall–Kier alpha value is 0.279. The number of hydrogen-bond donors (Lipinski definition) is 0. The van der Waals surface area contributed by atoms with Gasteiger partial charge in [-0.05, 0) is 0 Å². The van der Waals surface area contributed by atoms with Crippen LogP contribution in [0.25, 0.3) is 0 Å². The van der Waals surface area contributed by atoms with Crippen LogP contribution >= 0.6 is 0 Å². The van der Waals surface area contributed by atoms with E-state index in [9.17, 15) is 0 Å². The van der Waals surface area contributed by atoms with Gasteiger partial charge in [0.2, 0.25) is 0 Å². The Kier molecular flexibility index (Phi) is 6.19. The van der Waals surface area contributed by atoms with Gasteiger partial charge in [-0.1, -0.05) is 0 Å². The van der Waals surface area contributed by atoms with Crippen LogP contribution < -0.4 is 0 Å². The number of rotatable bonds is 5. The van der Waals surface area contributed by atoms with Crippen molar-refractivity contribution in [2.24, 2.45) is 0 Å². The molecule has 0 saturated carbocycles. The first-order valence-corrected chi connectivity index (χ1v) is 23.1. The molecule has 0 amide bonds. The Bertz CT molecular complexity index is 540. The van der Waals surface area contributed by atoms with Crippen molar-refractivity contribution < 1.29 is 4.74 Å². The van der Waals surface area contributed by atoms with Gasteiger partial charge in [-0.25, -0.2) is 0 Å². The zero-order chi connectivity index (χ0) is 17.4. The molecule has 1 atom stereocenters. The summed E-state index contributed by atoms with van der Waals surface area (Å²) in [6.07, 6.45) is 9.74. The molecule has 0 saturated heterocycles. The summed E-state index contributed by atoms with van der Waals surface area (Å²) in [6.45, 7) is 15.3. The van der Waals surface area contributed by atoms with Gasteiger partial charge in [-0.3, -0.25) is 0 Å². The van der Waals surface area contributed by atoms with Crippen LogP contribution in [-0.2, 0) is 4.74 Å². The van der Waals surface area contributed by atoms with Crippen LogP contribution in [0.4, 0.5) is 0 Å². The van der Waals surface area contributed by atoms with Crippen molar-refractivity contribution in [2.75, 3.05) is 6.61 Å². The van der Waals surface area contributed by atoms with Crippen LogP contribution in [0.2, 0.25) is 22.1 Å². The van der Waals surface area contributed by atoms with Gasteiger partial charge >= 0.3 is 154 Å². The fourth-order valence-corrected chi connectivity index (χ4v) is 32.6. The van der Waals surface area contributed by atoms with Gasteiger partial charge in [0.15, 0.2) is 0 Å². The quantitative estimate of drug-likeness (QED) is 0.465. The molecule has 4 heteroatoms. The van der Waals surface area contributed by atoms with E-state index < -0.39 is 31.2 Å². The molecule has 2 rings (SSSR count). The third-order valence-corrected chi connectivity index (χ3v) is 27.8. The fourth-order valence-electron chi connectivity index (χ4n) is 4.91. The van der Waals surface area contributed by atoms with E-state index in [1.54, 1.807) is 5.20 Å². The first kappa shape index (κ1) is 19.6. The summed E-state index contributed by atoms with van der Waals surface area (Å²) >= 11 is -1.81. The van der Waals surface area contributed by atoms with Gasteiger partial charge in [0, 0.05) is 0 Å². The molecule has 2 nitrogen and oxygen atoms in total. The SMILES string of the molecule is CCOC1C=C2CCC=CC2=C1[Si](C)(C)[N]([Tl]([CH3])[CH3])C(C)(C)C. The summed E-state index contributed by atoms with van der Waals surface area (Å²) in [4.78, 5) is 0. The van der Waals surface area contributed by atoms with Crippen LogP contribution in [0.3, 0.4) is 0 Å². The van der Waals surface area contributed by atoms with Gasteiger partial charge in [0.05, 0.1) is 0 Å². The van der Waals surface area contributed by atoms with Crippen LogP contribution in [0, 0.1) is 0 Å². The van der Waals surface area contributed by atoms with E-state index >= 15 is 0 Å². The van der Waals surface area contributed by atoms with E-state index in [1.807, 2.05) is 0 Å². The molecule has 128 valence electrons. The van der Waals surface area contributed by atoms with Crippen LogP contribution in [-0.4, -0.2) is 51.9 Å². The van der Waals surface area contributed by atoms with Crippen molar-refractivity contribution >= 4 is 31.2 Å². The molecule has 2 aliphatic carbocycles. The Morgan fingerprint density at radius 2 is 1.96 bits per heavy atom. The van der Waals surface area contributed by atoms with Gasteiger partial charge in [0.25, 0.3) is 0 Å². The van der Waals surface area contributed by atoms with E-state index in [2.05, 4.69) is 70.4 Å². The molecule has 0 N–H and O–H groups in total. The van der Waals surface area contributed by atoms with Crippen molar-refractivity contribution in [1.82, 2.24) is 2.38 Å². The third-order valence-electron chi connectivity index (χ3n) is 4.98. The van der Waals surface area contributed by atoms with Crippen LogP contribution in [0.1, 0.15) is 40.5 Å². The number of allylic oxidation sites excluding steroid dienone is 4. The topological polar surface area (TPSA) is 12.5 Å². The maximum atomic E-state index is 6.20. The predicted octanol–water partition coefficient (Wildman–Crippen LogP) is 5.07. The molecular weight excluding hydrogens is 491 g/mol. The van der Waals surface area contributed by atoms with Crippen molar-refractivity contribution in [1.29, 1.82) is 0 Å². The summed E-state index contributed by atoms with van der Waals surface area (Å²) < 4.78 is 14.3. The molecular formula is C19H34NOSiTl. The second-order valence-corrected chi connectivity index (χ2v) is 25.2. The molecule has 0 spiro atoms. The molecule has 23 heavy (non-hydrogen) atoms. The van der Waals surface area contributed by atoms with Gasteiger partial charge in [-0.2, -0.15) is 0 Å². The molecule has 2 aliphatic rings.